The molecule has 4 rings (SSSR count). The van der Waals surface area contributed by atoms with Crippen LogP contribution in [-0.2, 0) is 0 Å². The molecule has 0 radical (unpaired) electrons. The zero-order valence-electron chi connectivity index (χ0n) is 11.7. The molecule has 22 heavy (non-hydrogen) atoms. The van der Waals surface area contributed by atoms with Crippen LogP contribution in [0.15, 0.2) is 75.9 Å². The maximum atomic E-state index is 12.9. The van der Waals surface area contributed by atoms with Gasteiger partial charge < -0.3 is 10.2 Å². The van der Waals surface area contributed by atoms with E-state index in [1.807, 2.05) is 60.7 Å². The fraction of sp³-hybridized carbons (Fsp3) is 0. The minimum atomic E-state index is -0.0186. The van der Waals surface area contributed by atoms with Crippen LogP contribution in [0.5, 0.6) is 0 Å². The first kappa shape index (κ1) is 12.7. The van der Waals surface area contributed by atoms with E-state index in [2.05, 4.69) is 0 Å². The minimum Gasteiger partial charge on any atom is -0.456 e. The molecule has 106 valence electrons. The van der Waals surface area contributed by atoms with Crippen molar-refractivity contribution in [2.24, 2.45) is 0 Å². The summed E-state index contributed by atoms with van der Waals surface area (Å²) in [6.45, 7) is 0. The summed E-state index contributed by atoms with van der Waals surface area (Å²) in [5.41, 5.74) is 9.45. The standard InChI is InChI=1S/C19H13NO2/c20-13-6-3-5-12(11-13)14-8-4-10-17-18(14)19(21)15-7-1-2-9-16(15)22-17/h1-11H,20H2. The first-order chi connectivity index (χ1) is 10.7. The Hall–Kier alpha value is -3.07. The van der Waals surface area contributed by atoms with Crippen molar-refractivity contribution in [2.75, 3.05) is 5.73 Å². The first-order valence-electron chi connectivity index (χ1n) is 7.04. The number of nitrogen functional groups attached to an aromatic ring is 1. The highest BCUT2D eigenvalue weighted by Gasteiger charge is 2.12. The molecule has 0 amide bonds. The summed E-state index contributed by atoms with van der Waals surface area (Å²) >= 11 is 0. The maximum absolute atomic E-state index is 12.9. The molecule has 3 heteroatoms. The van der Waals surface area contributed by atoms with Crippen LogP contribution in [0.1, 0.15) is 0 Å². The second-order valence-electron chi connectivity index (χ2n) is 5.23. The Morgan fingerprint density at radius 2 is 1.59 bits per heavy atom. The topological polar surface area (TPSA) is 56.2 Å². The van der Waals surface area contributed by atoms with Gasteiger partial charge >= 0.3 is 0 Å². The van der Waals surface area contributed by atoms with E-state index in [1.165, 1.54) is 0 Å². The van der Waals surface area contributed by atoms with Crippen LogP contribution in [0.2, 0.25) is 0 Å². The van der Waals surface area contributed by atoms with E-state index in [-0.39, 0.29) is 5.43 Å². The van der Waals surface area contributed by atoms with E-state index < -0.39 is 0 Å². The lowest BCUT2D eigenvalue weighted by Crippen LogP contribution is -2.03. The summed E-state index contributed by atoms with van der Waals surface area (Å²) in [7, 11) is 0. The summed E-state index contributed by atoms with van der Waals surface area (Å²) in [5, 5.41) is 1.18. The van der Waals surface area contributed by atoms with Crippen molar-refractivity contribution in [3.8, 4) is 11.1 Å². The molecule has 0 atom stereocenters. The van der Waals surface area contributed by atoms with Crippen LogP contribution in [0.3, 0.4) is 0 Å². The van der Waals surface area contributed by atoms with Gasteiger partial charge in [-0.25, -0.2) is 0 Å². The van der Waals surface area contributed by atoms with Crippen molar-refractivity contribution in [1.82, 2.24) is 0 Å². The fourth-order valence-electron chi connectivity index (χ4n) is 2.79. The van der Waals surface area contributed by atoms with Crippen LogP contribution in [0.25, 0.3) is 33.1 Å². The van der Waals surface area contributed by atoms with E-state index in [0.717, 1.165) is 11.1 Å². The third-order valence-corrected chi connectivity index (χ3v) is 3.80. The van der Waals surface area contributed by atoms with Gasteiger partial charge in [-0.3, -0.25) is 4.79 Å². The summed E-state index contributed by atoms with van der Waals surface area (Å²) in [6.07, 6.45) is 0. The van der Waals surface area contributed by atoms with Gasteiger partial charge in [0, 0.05) is 5.69 Å². The molecule has 4 aromatic rings. The number of benzene rings is 3. The highest BCUT2D eigenvalue weighted by Crippen LogP contribution is 2.29. The molecule has 0 bridgehead atoms. The molecule has 3 nitrogen and oxygen atoms in total. The fourth-order valence-corrected chi connectivity index (χ4v) is 2.79. The molecule has 0 fully saturated rings. The number of fused-ring (bicyclic) bond motifs is 2. The molecule has 0 spiro atoms. The highest BCUT2D eigenvalue weighted by molar-refractivity contribution is 5.99. The van der Waals surface area contributed by atoms with Gasteiger partial charge in [-0.2, -0.15) is 0 Å². The molecule has 1 heterocycles. The average molecular weight is 287 g/mol. The third kappa shape index (κ3) is 1.87. The molecule has 0 saturated carbocycles. The monoisotopic (exact) mass is 287 g/mol. The molecule has 0 unspecified atom stereocenters. The summed E-state index contributed by atoms with van der Waals surface area (Å²) < 4.78 is 5.89. The molecular formula is C19H13NO2. The highest BCUT2D eigenvalue weighted by atomic mass is 16.3. The van der Waals surface area contributed by atoms with Crippen molar-refractivity contribution in [1.29, 1.82) is 0 Å². The Balaban J connectivity index is 2.17. The Kier molecular flexibility index (Phi) is 2.73. The van der Waals surface area contributed by atoms with Crippen molar-refractivity contribution >= 4 is 27.6 Å². The number of anilines is 1. The number of hydrogen-bond acceptors (Lipinski definition) is 3. The molecule has 3 aromatic carbocycles. The summed E-state index contributed by atoms with van der Waals surface area (Å²) in [5.74, 6) is 0. The summed E-state index contributed by atoms with van der Waals surface area (Å²) in [6, 6.07) is 20.4. The Morgan fingerprint density at radius 1 is 0.818 bits per heavy atom. The second kappa shape index (κ2) is 4.74. The van der Waals surface area contributed by atoms with Gasteiger partial charge in [-0.1, -0.05) is 36.4 Å². The smallest absolute Gasteiger partial charge is 0.201 e. The zero-order chi connectivity index (χ0) is 15.1. The molecule has 0 aliphatic heterocycles. The number of hydrogen-bond donors (Lipinski definition) is 1. The SMILES string of the molecule is Nc1cccc(-c2cccc3oc4ccccc4c(=O)c23)c1. The maximum Gasteiger partial charge on any atom is 0.201 e. The van der Waals surface area contributed by atoms with Gasteiger partial charge in [0.05, 0.1) is 10.8 Å². The Morgan fingerprint density at radius 3 is 2.45 bits per heavy atom. The Bertz CT molecular complexity index is 1060. The van der Waals surface area contributed by atoms with Gasteiger partial charge in [-0.15, -0.1) is 0 Å². The second-order valence-corrected chi connectivity index (χ2v) is 5.23. The molecule has 0 aliphatic carbocycles. The van der Waals surface area contributed by atoms with Crippen LogP contribution < -0.4 is 11.2 Å². The Labute approximate surface area is 126 Å². The number of nitrogens with two attached hydrogens (primary N) is 1. The summed E-state index contributed by atoms with van der Waals surface area (Å²) in [4.78, 5) is 12.9. The normalized spacial score (nSPS) is 11.1. The quantitative estimate of drug-likeness (QED) is 0.422. The van der Waals surface area contributed by atoms with Gasteiger partial charge in [0.25, 0.3) is 0 Å². The van der Waals surface area contributed by atoms with E-state index >= 15 is 0 Å². The van der Waals surface area contributed by atoms with E-state index in [1.54, 1.807) is 6.07 Å². The van der Waals surface area contributed by atoms with Crippen LogP contribution in [0.4, 0.5) is 5.69 Å². The number of para-hydroxylation sites is 1. The van der Waals surface area contributed by atoms with Crippen molar-refractivity contribution in [3.05, 3.63) is 77.0 Å². The van der Waals surface area contributed by atoms with E-state index in [4.69, 9.17) is 10.2 Å². The average Bonchev–Trinajstić information content (AvgIpc) is 2.54. The van der Waals surface area contributed by atoms with E-state index in [9.17, 15) is 4.79 Å². The zero-order valence-corrected chi connectivity index (χ0v) is 11.7. The first-order valence-corrected chi connectivity index (χ1v) is 7.04. The van der Waals surface area contributed by atoms with Gasteiger partial charge in [0.1, 0.15) is 11.2 Å². The predicted molar refractivity (Wildman–Crippen MR) is 89.8 cm³/mol. The van der Waals surface area contributed by atoms with E-state index in [0.29, 0.717) is 27.6 Å². The predicted octanol–water partition coefficient (Wildman–Crippen LogP) is 4.20. The molecule has 2 N–H and O–H groups in total. The molecular weight excluding hydrogens is 274 g/mol. The number of rotatable bonds is 1. The lowest BCUT2D eigenvalue weighted by molar-refractivity contribution is 0.660. The van der Waals surface area contributed by atoms with Gasteiger partial charge in [0.2, 0.25) is 5.43 Å². The van der Waals surface area contributed by atoms with Crippen molar-refractivity contribution in [2.45, 2.75) is 0 Å². The minimum absolute atomic E-state index is 0.0186. The van der Waals surface area contributed by atoms with Gasteiger partial charge in [-0.05, 0) is 41.5 Å². The van der Waals surface area contributed by atoms with Crippen LogP contribution >= 0.6 is 0 Å². The van der Waals surface area contributed by atoms with Crippen LogP contribution in [0, 0.1) is 0 Å². The molecule has 0 aliphatic rings. The molecule has 1 aromatic heterocycles. The third-order valence-electron chi connectivity index (χ3n) is 3.80. The van der Waals surface area contributed by atoms with Crippen molar-refractivity contribution < 1.29 is 4.42 Å². The lowest BCUT2D eigenvalue weighted by atomic mass is 9.99. The lowest BCUT2D eigenvalue weighted by Gasteiger charge is -2.08. The van der Waals surface area contributed by atoms with Crippen molar-refractivity contribution in [3.63, 3.8) is 0 Å². The largest absolute Gasteiger partial charge is 0.456 e. The molecule has 0 saturated heterocycles. The van der Waals surface area contributed by atoms with Gasteiger partial charge in [0.15, 0.2) is 0 Å². The van der Waals surface area contributed by atoms with Crippen LogP contribution in [-0.4, -0.2) is 0 Å².